The highest BCUT2D eigenvalue weighted by Crippen LogP contribution is 2.18. The molecule has 0 radical (unpaired) electrons. The lowest BCUT2D eigenvalue weighted by molar-refractivity contribution is -0.126. The van der Waals surface area contributed by atoms with Crippen LogP contribution in [0.3, 0.4) is 0 Å². The van der Waals surface area contributed by atoms with Crippen LogP contribution in [0.1, 0.15) is 38.3 Å². The number of carbonyl (C=O) groups is 2. The number of phenols is 1. The van der Waals surface area contributed by atoms with E-state index >= 15 is 0 Å². The Bertz CT molecular complexity index is 793. The molecule has 156 valence electrons. The van der Waals surface area contributed by atoms with Gasteiger partial charge in [0.15, 0.2) is 0 Å². The molecule has 0 aliphatic rings. The Morgan fingerprint density at radius 2 is 1.76 bits per heavy atom. The lowest BCUT2D eigenvalue weighted by Crippen LogP contribution is -2.58. The molecular weight excluding hydrogens is 370 g/mol. The fourth-order valence-electron chi connectivity index (χ4n) is 2.76. The molecule has 7 heteroatoms. The van der Waals surface area contributed by atoms with Gasteiger partial charge >= 0.3 is 6.09 Å². The number of carbonyl (C=O) groups excluding carboxylic acids is 2. The van der Waals surface area contributed by atoms with Crippen LogP contribution in [-0.2, 0) is 22.6 Å². The first-order valence-electron chi connectivity index (χ1n) is 9.68. The average molecular weight is 399 g/mol. The maximum atomic E-state index is 12.9. The Hall–Kier alpha value is -3.09. The topological polar surface area (TPSA) is 101 Å². The number of amides is 2. The van der Waals surface area contributed by atoms with Crippen LogP contribution < -0.4 is 10.6 Å². The van der Waals surface area contributed by atoms with E-state index in [1.165, 1.54) is 0 Å². The highest BCUT2D eigenvalue weighted by molar-refractivity contribution is 5.89. The molecule has 2 aromatic rings. The first kappa shape index (κ1) is 22.2. The Kier molecular flexibility index (Phi) is 8.00. The number of ether oxygens (including phenoxy) is 1. The molecule has 1 aromatic heterocycles. The van der Waals surface area contributed by atoms with Crippen LogP contribution in [0, 0.1) is 5.92 Å². The second-order valence-corrected chi connectivity index (χ2v) is 7.67. The third kappa shape index (κ3) is 7.44. The molecule has 2 amide bonds. The summed E-state index contributed by atoms with van der Waals surface area (Å²) in [6.45, 7) is 6.43. The zero-order chi connectivity index (χ0) is 21.3. The van der Waals surface area contributed by atoms with Crippen molar-refractivity contribution in [2.45, 2.75) is 45.8 Å². The van der Waals surface area contributed by atoms with Crippen LogP contribution in [0.2, 0.25) is 0 Å². The van der Waals surface area contributed by atoms with Crippen LogP contribution >= 0.6 is 0 Å². The van der Waals surface area contributed by atoms with Gasteiger partial charge in [-0.2, -0.15) is 0 Å². The monoisotopic (exact) mass is 399 g/mol. The van der Waals surface area contributed by atoms with Crippen molar-refractivity contribution in [3.63, 3.8) is 0 Å². The normalized spacial score (nSPS) is 12.8. The van der Waals surface area contributed by atoms with Crippen molar-refractivity contribution in [2.24, 2.45) is 5.92 Å². The summed E-state index contributed by atoms with van der Waals surface area (Å²) in [4.78, 5) is 29.2. The second-order valence-electron chi connectivity index (χ2n) is 7.67. The SMILES string of the molecule is CC(C)CCNC(=O)[C@](C)(Cc1ccc(O)cc1)NC(=O)OCc1ccncc1. The predicted molar refractivity (Wildman–Crippen MR) is 110 cm³/mol. The molecule has 1 aromatic carbocycles. The lowest BCUT2D eigenvalue weighted by Gasteiger charge is -2.29. The minimum atomic E-state index is -1.21. The lowest BCUT2D eigenvalue weighted by atomic mass is 9.91. The summed E-state index contributed by atoms with van der Waals surface area (Å²) in [6.07, 6.45) is 3.65. The van der Waals surface area contributed by atoms with Crippen LogP contribution in [0.15, 0.2) is 48.8 Å². The number of pyridine rings is 1. The molecule has 0 saturated heterocycles. The summed E-state index contributed by atoms with van der Waals surface area (Å²) < 4.78 is 5.28. The van der Waals surface area contributed by atoms with Crippen molar-refractivity contribution < 1.29 is 19.4 Å². The van der Waals surface area contributed by atoms with Gasteiger partial charge in [-0.1, -0.05) is 26.0 Å². The molecule has 0 unspecified atom stereocenters. The van der Waals surface area contributed by atoms with E-state index in [4.69, 9.17) is 4.74 Å². The summed E-state index contributed by atoms with van der Waals surface area (Å²) in [5, 5.41) is 15.1. The maximum Gasteiger partial charge on any atom is 0.408 e. The van der Waals surface area contributed by atoms with Crippen LogP contribution in [0.4, 0.5) is 4.79 Å². The van der Waals surface area contributed by atoms with Crippen LogP contribution in [0.25, 0.3) is 0 Å². The molecule has 3 N–H and O–H groups in total. The fraction of sp³-hybridized carbons (Fsp3) is 0.409. The number of hydrogen-bond donors (Lipinski definition) is 3. The zero-order valence-electron chi connectivity index (χ0n) is 17.1. The Balaban J connectivity index is 2.06. The van der Waals surface area contributed by atoms with Gasteiger partial charge in [0, 0.05) is 25.4 Å². The van der Waals surface area contributed by atoms with E-state index in [1.807, 2.05) is 0 Å². The average Bonchev–Trinajstić information content (AvgIpc) is 2.68. The minimum Gasteiger partial charge on any atom is -0.508 e. The van der Waals surface area contributed by atoms with E-state index in [-0.39, 0.29) is 24.7 Å². The van der Waals surface area contributed by atoms with Crippen molar-refractivity contribution >= 4 is 12.0 Å². The van der Waals surface area contributed by atoms with E-state index in [0.29, 0.717) is 12.5 Å². The van der Waals surface area contributed by atoms with Gasteiger partial charge in [0.25, 0.3) is 0 Å². The number of benzene rings is 1. The van der Waals surface area contributed by atoms with Gasteiger partial charge in [0.1, 0.15) is 17.9 Å². The molecule has 1 atom stereocenters. The summed E-state index contributed by atoms with van der Waals surface area (Å²) in [5.41, 5.74) is 0.402. The van der Waals surface area contributed by atoms with Crippen molar-refractivity contribution in [1.29, 1.82) is 0 Å². The van der Waals surface area contributed by atoms with Crippen LogP contribution in [-0.4, -0.2) is 34.2 Å². The third-order valence-corrected chi connectivity index (χ3v) is 4.50. The Morgan fingerprint density at radius 3 is 2.38 bits per heavy atom. The number of nitrogens with zero attached hydrogens (tertiary/aromatic N) is 1. The van der Waals surface area contributed by atoms with E-state index in [9.17, 15) is 14.7 Å². The number of rotatable bonds is 9. The fourth-order valence-corrected chi connectivity index (χ4v) is 2.76. The Labute approximate surface area is 171 Å². The summed E-state index contributed by atoms with van der Waals surface area (Å²) in [6, 6.07) is 10.0. The van der Waals surface area contributed by atoms with Gasteiger partial charge in [-0.15, -0.1) is 0 Å². The number of aromatic hydroxyl groups is 1. The molecule has 2 rings (SSSR count). The van der Waals surface area contributed by atoms with Gasteiger partial charge in [-0.3, -0.25) is 9.78 Å². The molecule has 29 heavy (non-hydrogen) atoms. The van der Waals surface area contributed by atoms with Crippen molar-refractivity contribution in [2.75, 3.05) is 6.54 Å². The maximum absolute atomic E-state index is 12.9. The molecule has 0 fully saturated rings. The number of hydrogen-bond acceptors (Lipinski definition) is 5. The molecule has 1 heterocycles. The standard InChI is InChI=1S/C22H29N3O4/c1-16(2)8-13-24-20(27)22(3,14-17-4-6-19(26)7-5-17)25-21(28)29-15-18-9-11-23-12-10-18/h4-7,9-12,16,26H,8,13-15H2,1-3H3,(H,24,27)(H,25,28)/t22-/m0/s1. The predicted octanol–water partition coefficient (Wildman–Crippen LogP) is 3.18. The third-order valence-electron chi connectivity index (χ3n) is 4.50. The number of phenolic OH excluding ortho intramolecular Hbond substituents is 1. The molecule has 7 nitrogen and oxygen atoms in total. The highest BCUT2D eigenvalue weighted by atomic mass is 16.5. The van der Waals surface area contributed by atoms with Gasteiger partial charge in [-0.25, -0.2) is 4.79 Å². The molecule has 0 aliphatic carbocycles. The molecule has 0 bridgehead atoms. The molecule has 0 spiro atoms. The minimum absolute atomic E-state index is 0.0820. The van der Waals surface area contributed by atoms with E-state index in [1.54, 1.807) is 55.7 Å². The van der Waals surface area contributed by atoms with E-state index in [2.05, 4.69) is 29.5 Å². The largest absolute Gasteiger partial charge is 0.508 e. The summed E-state index contributed by atoms with van der Waals surface area (Å²) >= 11 is 0. The zero-order valence-corrected chi connectivity index (χ0v) is 17.1. The van der Waals surface area contributed by atoms with Gasteiger partial charge in [-0.05, 0) is 54.7 Å². The molecular formula is C22H29N3O4. The van der Waals surface area contributed by atoms with Crippen molar-refractivity contribution in [1.82, 2.24) is 15.6 Å². The summed E-state index contributed by atoms with van der Waals surface area (Å²) in [5.74, 6) is 0.311. The second kappa shape index (κ2) is 10.5. The number of nitrogens with one attached hydrogen (secondary N) is 2. The summed E-state index contributed by atoms with van der Waals surface area (Å²) in [7, 11) is 0. The molecule has 0 saturated carbocycles. The number of alkyl carbamates (subject to hydrolysis) is 1. The van der Waals surface area contributed by atoms with Crippen molar-refractivity contribution in [3.8, 4) is 5.75 Å². The quantitative estimate of drug-likeness (QED) is 0.601. The van der Waals surface area contributed by atoms with Gasteiger partial charge in [0.2, 0.25) is 5.91 Å². The first-order chi connectivity index (χ1) is 13.8. The first-order valence-corrected chi connectivity index (χ1v) is 9.68. The van der Waals surface area contributed by atoms with Gasteiger partial charge < -0.3 is 20.5 Å². The molecule has 0 aliphatic heterocycles. The van der Waals surface area contributed by atoms with Crippen LogP contribution in [0.5, 0.6) is 5.75 Å². The van der Waals surface area contributed by atoms with E-state index in [0.717, 1.165) is 17.5 Å². The van der Waals surface area contributed by atoms with Gasteiger partial charge in [0.05, 0.1) is 0 Å². The Morgan fingerprint density at radius 1 is 1.10 bits per heavy atom. The van der Waals surface area contributed by atoms with Crippen molar-refractivity contribution in [3.05, 3.63) is 59.9 Å². The number of aromatic nitrogens is 1. The smallest absolute Gasteiger partial charge is 0.408 e. The highest BCUT2D eigenvalue weighted by Gasteiger charge is 2.35. The van der Waals surface area contributed by atoms with E-state index < -0.39 is 11.6 Å².